The number of rotatable bonds is 9. The van der Waals surface area contributed by atoms with Gasteiger partial charge in [-0.2, -0.15) is 0 Å². The average molecular weight is 418 g/mol. The fourth-order valence-electron chi connectivity index (χ4n) is 4.52. The number of phenolic OH excluding ortho intramolecular Hbond substituents is 1. The molecule has 0 aliphatic carbocycles. The van der Waals surface area contributed by atoms with E-state index in [1.54, 1.807) is 12.1 Å². The molecule has 0 aromatic heterocycles. The highest BCUT2D eigenvalue weighted by Crippen LogP contribution is 2.39. The van der Waals surface area contributed by atoms with E-state index in [0.29, 0.717) is 12.1 Å². The minimum absolute atomic E-state index is 0.0463. The second-order valence-corrected chi connectivity index (χ2v) is 8.77. The van der Waals surface area contributed by atoms with Gasteiger partial charge in [-0.3, -0.25) is 4.90 Å². The molecule has 0 saturated carbocycles. The minimum Gasteiger partial charge on any atom is -0.507 e. The lowest BCUT2D eigenvalue weighted by atomic mass is 9.83. The van der Waals surface area contributed by atoms with Crippen molar-refractivity contribution in [1.29, 1.82) is 0 Å². The molecule has 0 aliphatic rings. The molecule has 3 rings (SSSR count). The van der Waals surface area contributed by atoms with Crippen LogP contribution < -0.4 is 0 Å². The van der Waals surface area contributed by atoms with Crippen molar-refractivity contribution in [2.75, 3.05) is 6.54 Å². The standard InChI is InChI=1S/C28H35NO2/c1-20(2)29(21(3)4)17-16-24(23-10-6-5-7-11-23)25-12-8-9-13-26(25)27-18-22(19-30)14-15-28(27)31/h5-15,18,20-21,24,30-31H,16-17,19H2,1-4H3/t24-/m1/s1. The highest BCUT2D eigenvalue weighted by molar-refractivity contribution is 5.74. The van der Waals surface area contributed by atoms with Crippen LogP contribution >= 0.6 is 0 Å². The molecule has 0 heterocycles. The molecule has 2 N–H and O–H groups in total. The topological polar surface area (TPSA) is 43.7 Å². The van der Waals surface area contributed by atoms with Crippen LogP contribution in [-0.4, -0.2) is 33.7 Å². The van der Waals surface area contributed by atoms with Gasteiger partial charge >= 0.3 is 0 Å². The van der Waals surface area contributed by atoms with Crippen LogP contribution in [0.15, 0.2) is 72.8 Å². The lowest BCUT2D eigenvalue weighted by molar-refractivity contribution is 0.170. The van der Waals surface area contributed by atoms with Crippen LogP contribution in [0, 0.1) is 0 Å². The number of hydrogen-bond acceptors (Lipinski definition) is 3. The number of aromatic hydroxyl groups is 1. The Morgan fingerprint density at radius 3 is 2.06 bits per heavy atom. The van der Waals surface area contributed by atoms with Gasteiger partial charge in [-0.05, 0) is 75.0 Å². The zero-order valence-corrected chi connectivity index (χ0v) is 19.1. The molecule has 0 radical (unpaired) electrons. The molecule has 0 aliphatic heterocycles. The van der Waals surface area contributed by atoms with Crippen molar-refractivity contribution < 1.29 is 10.2 Å². The Morgan fingerprint density at radius 2 is 1.42 bits per heavy atom. The van der Waals surface area contributed by atoms with E-state index >= 15 is 0 Å². The summed E-state index contributed by atoms with van der Waals surface area (Å²) in [6, 6.07) is 25.3. The Hall–Kier alpha value is -2.62. The quantitative estimate of drug-likeness (QED) is 0.436. The summed E-state index contributed by atoms with van der Waals surface area (Å²) in [6.07, 6.45) is 0.984. The number of phenols is 1. The summed E-state index contributed by atoms with van der Waals surface area (Å²) in [6.45, 7) is 9.96. The van der Waals surface area contributed by atoms with Crippen molar-refractivity contribution in [2.24, 2.45) is 0 Å². The third-order valence-corrected chi connectivity index (χ3v) is 6.07. The lowest BCUT2D eigenvalue weighted by Crippen LogP contribution is -2.38. The molecule has 3 heteroatoms. The summed E-state index contributed by atoms with van der Waals surface area (Å²) in [7, 11) is 0. The molecule has 3 nitrogen and oxygen atoms in total. The van der Waals surface area contributed by atoms with E-state index in [0.717, 1.165) is 29.7 Å². The summed E-state index contributed by atoms with van der Waals surface area (Å²) in [5.41, 5.74) is 5.06. The van der Waals surface area contributed by atoms with Gasteiger partial charge in [0.1, 0.15) is 5.75 Å². The van der Waals surface area contributed by atoms with E-state index in [4.69, 9.17) is 0 Å². The van der Waals surface area contributed by atoms with Gasteiger partial charge in [-0.1, -0.05) is 60.7 Å². The van der Waals surface area contributed by atoms with E-state index in [1.165, 1.54) is 11.1 Å². The highest BCUT2D eigenvalue weighted by Gasteiger charge is 2.22. The molecule has 0 spiro atoms. The van der Waals surface area contributed by atoms with Crippen molar-refractivity contribution in [3.63, 3.8) is 0 Å². The number of nitrogens with zero attached hydrogens (tertiary/aromatic N) is 1. The normalized spacial score (nSPS) is 12.6. The molecule has 164 valence electrons. The molecule has 0 fully saturated rings. The average Bonchev–Trinajstić information content (AvgIpc) is 2.77. The van der Waals surface area contributed by atoms with Crippen LogP contribution in [0.5, 0.6) is 5.75 Å². The van der Waals surface area contributed by atoms with Gasteiger partial charge in [-0.25, -0.2) is 0 Å². The maximum Gasteiger partial charge on any atom is 0.123 e. The van der Waals surface area contributed by atoms with Gasteiger partial charge in [0.2, 0.25) is 0 Å². The SMILES string of the molecule is CC(C)N(CC[C@H](c1ccccc1)c1ccccc1-c1cc(CO)ccc1O)C(C)C. The first-order chi connectivity index (χ1) is 14.9. The Bertz CT molecular complexity index is 958. The third-order valence-electron chi connectivity index (χ3n) is 6.07. The number of aliphatic hydroxyl groups is 1. The van der Waals surface area contributed by atoms with E-state index in [9.17, 15) is 10.2 Å². The molecule has 3 aromatic rings. The Morgan fingerprint density at radius 1 is 0.774 bits per heavy atom. The Kier molecular flexibility index (Phi) is 7.89. The maximum atomic E-state index is 10.6. The van der Waals surface area contributed by atoms with E-state index in [2.05, 4.69) is 81.1 Å². The molecule has 31 heavy (non-hydrogen) atoms. The van der Waals surface area contributed by atoms with Crippen LogP contribution in [0.25, 0.3) is 11.1 Å². The van der Waals surface area contributed by atoms with Crippen LogP contribution in [0.2, 0.25) is 0 Å². The van der Waals surface area contributed by atoms with Crippen LogP contribution in [-0.2, 0) is 6.61 Å². The fraction of sp³-hybridized carbons (Fsp3) is 0.357. The number of benzene rings is 3. The zero-order valence-electron chi connectivity index (χ0n) is 19.1. The van der Waals surface area contributed by atoms with Crippen molar-refractivity contribution in [3.8, 4) is 16.9 Å². The maximum absolute atomic E-state index is 10.6. The second-order valence-electron chi connectivity index (χ2n) is 8.77. The van der Waals surface area contributed by atoms with Gasteiger partial charge in [0, 0.05) is 23.6 Å². The van der Waals surface area contributed by atoms with Crippen LogP contribution in [0.4, 0.5) is 0 Å². The predicted octanol–water partition coefficient (Wildman–Crippen LogP) is 6.19. The number of hydrogen-bond donors (Lipinski definition) is 2. The number of aliphatic hydroxyl groups excluding tert-OH is 1. The first-order valence-corrected chi connectivity index (χ1v) is 11.2. The van der Waals surface area contributed by atoms with Gasteiger partial charge < -0.3 is 10.2 Å². The first-order valence-electron chi connectivity index (χ1n) is 11.2. The van der Waals surface area contributed by atoms with Gasteiger partial charge in [0.05, 0.1) is 6.61 Å². The predicted molar refractivity (Wildman–Crippen MR) is 129 cm³/mol. The van der Waals surface area contributed by atoms with Gasteiger partial charge in [0.25, 0.3) is 0 Å². The minimum atomic E-state index is -0.0463. The zero-order chi connectivity index (χ0) is 22.4. The van der Waals surface area contributed by atoms with Crippen molar-refractivity contribution in [2.45, 2.75) is 58.7 Å². The summed E-state index contributed by atoms with van der Waals surface area (Å²) < 4.78 is 0. The molecule has 0 saturated heterocycles. The monoisotopic (exact) mass is 417 g/mol. The van der Waals surface area contributed by atoms with E-state index in [-0.39, 0.29) is 18.3 Å². The molecule has 1 atom stereocenters. The Labute approximate surface area is 187 Å². The van der Waals surface area contributed by atoms with Crippen LogP contribution in [0.3, 0.4) is 0 Å². The van der Waals surface area contributed by atoms with E-state index in [1.807, 2.05) is 12.1 Å². The smallest absolute Gasteiger partial charge is 0.123 e. The first kappa shape index (κ1) is 23.1. The Balaban J connectivity index is 2.07. The summed E-state index contributed by atoms with van der Waals surface area (Å²) >= 11 is 0. The summed E-state index contributed by atoms with van der Waals surface area (Å²) in [5, 5.41) is 20.3. The largest absolute Gasteiger partial charge is 0.507 e. The molecule has 0 unspecified atom stereocenters. The van der Waals surface area contributed by atoms with Crippen molar-refractivity contribution in [1.82, 2.24) is 4.90 Å². The molecular weight excluding hydrogens is 382 g/mol. The summed E-state index contributed by atoms with van der Waals surface area (Å²) in [4.78, 5) is 2.53. The summed E-state index contributed by atoms with van der Waals surface area (Å²) in [5.74, 6) is 0.442. The molecule has 0 amide bonds. The van der Waals surface area contributed by atoms with Crippen molar-refractivity contribution >= 4 is 0 Å². The molecular formula is C28H35NO2. The lowest BCUT2D eigenvalue weighted by Gasteiger charge is -2.32. The van der Waals surface area contributed by atoms with E-state index < -0.39 is 0 Å². The second kappa shape index (κ2) is 10.6. The fourth-order valence-corrected chi connectivity index (χ4v) is 4.52. The third kappa shape index (κ3) is 5.55. The van der Waals surface area contributed by atoms with Gasteiger partial charge in [-0.15, -0.1) is 0 Å². The molecule has 0 bridgehead atoms. The van der Waals surface area contributed by atoms with Gasteiger partial charge in [0.15, 0.2) is 0 Å². The highest BCUT2D eigenvalue weighted by atomic mass is 16.3. The molecule has 3 aromatic carbocycles. The van der Waals surface area contributed by atoms with Crippen LogP contribution in [0.1, 0.15) is 56.7 Å². The van der Waals surface area contributed by atoms with Crippen molar-refractivity contribution in [3.05, 3.63) is 89.5 Å².